The zero-order chi connectivity index (χ0) is 11.9. The number of hydrogen-bond acceptors (Lipinski definition) is 4. The topological polar surface area (TPSA) is 87.2 Å². The maximum Gasteiger partial charge on any atom is 0.232 e. The molecule has 0 amide bonds. The minimum Gasteiger partial charge on any atom is -0.322 e. The van der Waals surface area contributed by atoms with E-state index in [1.807, 2.05) is 6.07 Å². The van der Waals surface area contributed by atoms with Gasteiger partial charge in [-0.3, -0.25) is 4.31 Å². The molecule has 2 N–H and O–H groups in total. The van der Waals surface area contributed by atoms with E-state index in [0.717, 1.165) is 11.8 Å². The van der Waals surface area contributed by atoms with Gasteiger partial charge in [-0.25, -0.2) is 8.42 Å². The molecule has 5 nitrogen and oxygen atoms in total. The highest BCUT2D eigenvalue weighted by Crippen LogP contribution is 2.35. The van der Waals surface area contributed by atoms with Gasteiger partial charge in [0.05, 0.1) is 36.2 Å². The van der Waals surface area contributed by atoms with Crippen molar-refractivity contribution in [3.63, 3.8) is 0 Å². The van der Waals surface area contributed by atoms with Crippen LogP contribution in [0.25, 0.3) is 0 Å². The molecule has 0 bridgehead atoms. The van der Waals surface area contributed by atoms with Gasteiger partial charge in [-0.05, 0) is 17.7 Å². The first-order valence-electron chi connectivity index (χ1n) is 4.71. The number of rotatable bonds is 1. The van der Waals surface area contributed by atoms with Crippen molar-refractivity contribution in [1.29, 1.82) is 5.26 Å². The number of sulfonamides is 1. The number of anilines is 1. The van der Waals surface area contributed by atoms with E-state index in [2.05, 4.69) is 0 Å². The van der Waals surface area contributed by atoms with Crippen LogP contribution in [0.3, 0.4) is 0 Å². The van der Waals surface area contributed by atoms with E-state index in [9.17, 15) is 8.42 Å². The number of benzene rings is 1. The second-order valence-corrected chi connectivity index (χ2v) is 5.69. The molecule has 0 spiro atoms. The molecule has 2 rings (SSSR count). The molecule has 0 radical (unpaired) electrons. The molecular weight excluding hydrogens is 226 g/mol. The van der Waals surface area contributed by atoms with Crippen molar-refractivity contribution in [3.8, 4) is 6.07 Å². The number of nitrogens with two attached hydrogens (primary N) is 1. The van der Waals surface area contributed by atoms with Gasteiger partial charge in [0, 0.05) is 0 Å². The molecule has 84 valence electrons. The molecule has 16 heavy (non-hydrogen) atoms. The zero-order valence-corrected chi connectivity index (χ0v) is 9.53. The zero-order valence-electron chi connectivity index (χ0n) is 8.71. The molecule has 0 saturated carbocycles. The van der Waals surface area contributed by atoms with Crippen LogP contribution in [-0.2, 0) is 10.0 Å². The average molecular weight is 237 g/mol. The lowest BCUT2D eigenvalue weighted by molar-refractivity contribution is 0.595. The van der Waals surface area contributed by atoms with Crippen LogP contribution >= 0.6 is 0 Å². The summed E-state index contributed by atoms with van der Waals surface area (Å²) in [5.74, 6) is 0. The van der Waals surface area contributed by atoms with E-state index < -0.39 is 10.0 Å². The Balaban J connectivity index is 2.60. The fourth-order valence-corrected chi connectivity index (χ4v) is 2.78. The Morgan fingerprint density at radius 1 is 1.56 bits per heavy atom. The third kappa shape index (κ3) is 1.64. The Morgan fingerprint density at radius 3 is 2.81 bits per heavy atom. The summed E-state index contributed by atoms with van der Waals surface area (Å²) in [6, 6.07) is 6.57. The predicted octanol–water partition coefficient (Wildman–Crippen LogP) is 0.338. The molecule has 0 saturated heterocycles. The van der Waals surface area contributed by atoms with Crippen molar-refractivity contribution in [2.45, 2.75) is 6.04 Å². The fourth-order valence-electron chi connectivity index (χ4n) is 1.83. The summed E-state index contributed by atoms with van der Waals surface area (Å²) in [5.41, 5.74) is 7.56. The highest BCUT2D eigenvalue weighted by Gasteiger charge is 2.31. The standard InChI is InChI=1S/C10H11N3O2S/c1-16(14,15)13-6-9(12)8-3-2-7(5-11)4-10(8)13/h2-4,9H,6,12H2,1H3/t9-/m0/s1. The summed E-state index contributed by atoms with van der Waals surface area (Å²) < 4.78 is 24.3. The maximum absolute atomic E-state index is 11.5. The van der Waals surface area contributed by atoms with E-state index >= 15 is 0 Å². The van der Waals surface area contributed by atoms with Crippen LogP contribution in [0.4, 0.5) is 5.69 Å². The fraction of sp³-hybridized carbons (Fsp3) is 0.300. The second-order valence-electron chi connectivity index (χ2n) is 3.79. The van der Waals surface area contributed by atoms with Gasteiger partial charge in [-0.2, -0.15) is 5.26 Å². The molecule has 0 unspecified atom stereocenters. The highest BCUT2D eigenvalue weighted by atomic mass is 32.2. The van der Waals surface area contributed by atoms with Crippen LogP contribution in [0.1, 0.15) is 17.2 Å². The van der Waals surface area contributed by atoms with Crippen LogP contribution in [0.2, 0.25) is 0 Å². The molecule has 1 aliphatic rings. The predicted molar refractivity (Wildman–Crippen MR) is 60.3 cm³/mol. The van der Waals surface area contributed by atoms with Gasteiger partial charge >= 0.3 is 0 Å². The van der Waals surface area contributed by atoms with Gasteiger partial charge in [-0.1, -0.05) is 6.07 Å². The normalized spacial score (nSPS) is 19.3. The minimum atomic E-state index is -3.33. The highest BCUT2D eigenvalue weighted by molar-refractivity contribution is 7.92. The summed E-state index contributed by atoms with van der Waals surface area (Å²) in [4.78, 5) is 0. The first kappa shape index (κ1) is 10.9. The number of nitrogens with zero attached hydrogens (tertiary/aromatic N) is 2. The molecule has 6 heteroatoms. The number of fused-ring (bicyclic) bond motifs is 1. The SMILES string of the molecule is CS(=O)(=O)N1C[C@H](N)c2ccc(C#N)cc21. The maximum atomic E-state index is 11.5. The Labute approximate surface area is 94.1 Å². The van der Waals surface area contributed by atoms with Crippen molar-refractivity contribution < 1.29 is 8.42 Å². The van der Waals surface area contributed by atoms with E-state index in [0.29, 0.717) is 11.3 Å². The summed E-state index contributed by atoms with van der Waals surface area (Å²) in [5, 5.41) is 8.77. The van der Waals surface area contributed by atoms with E-state index in [1.54, 1.807) is 18.2 Å². The number of nitriles is 1. The summed E-state index contributed by atoms with van der Waals surface area (Å²) >= 11 is 0. The third-order valence-electron chi connectivity index (χ3n) is 2.59. The molecule has 1 aliphatic heterocycles. The number of hydrogen-bond donors (Lipinski definition) is 1. The smallest absolute Gasteiger partial charge is 0.232 e. The van der Waals surface area contributed by atoms with Crippen molar-refractivity contribution in [3.05, 3.63) is 29.3 Å². The van der Waals surface area contributed by atoms with Crippen LogP contribution < -0.4 is 10.0 Å². The lowest BCUT2D eigenvalue weighted by Crippen LogP contribution is -2.30. The van der Waals surface area contributed by atoms with Gasteiger partial charge in [0.15, 0.2) is 0 Å². The van der Waals surface area contributed by atoms with Crippen LogP contribution in [0.15, 0.2) is 18.2 Å². The molecule has 1 atom stereocenters. The van der Waals surface area contributed by atoms with E-state index in [4.69, 9.17) is 11.0 Å². The Bertz CT molecular complexity index is 574. The molecule has 0 aliphatic carbocycles. The van der Waals surface area contributed by atoms with Gasteiger partial charge in [0.1, 0.15) is 0 Å². The average Bonchev–Trinajstić information content (AvgIpc) is 2.55. The minimum absolute atomic E-state index is 0.239. The molecule has 0 fully saturated rings. The van der Waals surface area contributed by atoms with E-state index in [1.165, 1.54) is 4.31 Å². The van der Waals surface area contributed by atoms with Crippen LogP contribution in [0.5, 0.6) is 0 Å². The van der Waals surface area contributed by atoms with Crippen molar-refractivity contribution in [2.24, 2.45) is 5.73 Å². The van der Waals surface area contributed by atoms with Gasteiger partial charge in [0.2, 0.25) is 10.0 Å². The summed E-state index contributed by atoms with van der Waals surface area (Å²) in [7, 11) is -3.33. The van der Waals surface area contributed by atoms with Gasteiger partial charge < -0.3 is 5.73 Å². The third-order valence-corrected chi connectivity index (χ3v) is 3.74. The molecule has 0 aromatic heterocycles. The quantitative estimate of drug-likeness (QED) is 0.762. The first-order chi connectivity index (χ1) is 7.43. The summed E-state index contributed by atoms with van der Waals surface area (Å²) in [6.07, 6.45) is 1.13. The molecule has 1 aromatic rings. The molecule has 1 aromatic carbocycles. The van der Waals surface area contributed by atoms with Crippen LogP contribution in [-0.4, -0.2) is 21.2 Å². The second kappa shape index (κ2) is 3.47. The molecular formula is C10H11N3O2S. The van der Waals surface area contributed by atoms with Gasteiger partial charge in [-0.15, -0.1) is 0 Å². The van der Waals surface area contributed by atoms with E-state index in [-0.39, 0.29) is 12.6 Å². The van der Waals surface area contributed by atoms with Crippen molar-refractivity contribution in [1.82, 2.24) is 0 Å². The largest absolute Gasteiger partial charge is 0.322 e. The lowest BCUT2D eigenvalue weighted by Gasteiger charge is -2.16. The molecule has 1 heterocycles. The Morgan fingerprint density at radius 2 is 2.25 bits per heavy atom. The summed E-state index contributed by atoms with van der Waals surface area (Å²) in [6.45, 7) is 0.239. The van der Waals surface area contributed by atoms with Crippen molar-refractivity contribution >= 4 is 15.7 Å². The first-order valence-corrected chi connectivity index (χ1v) is 6.55. The van der Waals surface area contributed by atoms with Gasteiger partial charge in [0.25, 0.3) is 0 Å². The Hall–Kier alpha value is -1.58. The monoisotopic (exact) mass is 237 g/mol. The Kier molecular flexibility index (Phi) is 2.37. The van der Waals surface area contributed by atoms with Crippen molar-refractivity contribution in [2.75, 3.05) is 17.1 Å². The lowest BCUT2D eigenvalue weighted by atomic mass is 10.1. The van der Waals surface area contributed by atoms with Crippen LogP contribution in [0, 0.1) is 11.3 Å².